The molecule has 0 unspecified atom stereocenters. The van der Waals surface area contributed by atoms with Gasteiger partial charge in [0.25, 0.3) is 0 Å². The van der Waals surface area contributed by atoms with Crippen LogP contribution in [0.5, 0.6) is 5.75 Å². The number of carbonyl (C=O) groups excluding carboxylic acids is 2. The molecular formula is C27H32N6O4. The van der Waals surface area contributed by atoms with Crippen LogP contribution in [-0.2, 0) is 17.8 Å². The van der Waals surface area contributed by atoms with Gasteiger partial charge >= 0.3 is 6.03 Å². The van der Waals surface area contributed by atoms with Crippen molar-refractivity contribution in [2.24, 2.45) is 0 Å². The number of hydrogen-bond acceptors (Lipinski definition) is 6. The smallest absolute Gasteiger partial charge is 0.326 e. The molecular weight excluding hydrogens is 472 g/mol. The lowest BCUT2D eigenvalue weighted by atomic mass is 9.86. The number of anilines is 1. The third-order valence-electron chi connectivity index (χ3n) is 7.52. The van der Waals surface area contributed by atoms with Gasteiger partial charge in [-0.2, -0.15) is 5.10 Å². The van der Waals surface area contributed by atoms with Crippen molar-refractivity contribution in [2.75, 3.05) is 38.3 Å². The van der Waals surface area contributed by atoms with E-state index in [4.69, 9.17) is 9.72 Å². The normalized spacial score (nSPS) is 17.1. The predicted octanol–water partition coefficient (Wildman–Crippen LogP) is 2.84. The third-order valence-corrected chi connectivity index (χ3v) is 7.52. The molecule has 3 aromatic rings. The van der Waals surface area contributed by atoms with Crippen molar-refractivity contribution in [3.8, 4) is 16.9 Å². The zero-order chi connectivity index (χ0) is 26.0. The molecule has 2 N–H and O–H groups in total. The largest absolute Gasteiger partial charge is 0.497 e. The Morgan fingerprint density at radius 2 is 2.03 bits per heavy atom. The molecule has 0 aliphatic carbocycles. The van der Waals surface area contributed by atoms with Gasteiger partial charge in [-0.1, -0.05) is 19.1 Å². The summed E-state index contributed by atoms with van der Waals surface area (Å²) in [5, 5.41) is 16.2. The van der Waals surface area contributed by atoms with Gasteiger partial charge in [0.15, 0.2) is 0 Å². The van der Waals surface area contributed by atoms with Crippen molar-refractivity contribution in [3.05, 3.63) is 60.0 Å². The minimum absolute atomic E-state index is 0.102. The monoisotopic (exact) mass is 504 g/mol. The first-order valence-corrected chi connectivity index (χ1v) is 12.6. The van der Waals surface area contributed by atoms with E-state index in [1.165, 1.54) is 0 Å². The van der Waals surface area contributed by atoms with Crippen LogP contribution in [0, 0.1) is 0 Å². The first kappa shape index (κ1) is 24.8. The van der Waals surface area contributed by atoms with Crippen molar-refractivity contribution in [2.45, 2.75) is 38.3 Å². The summed E-state index contributed by atoms with van der Waals surface area (Å²) in [6.07, 6.45) is 5.57. The molecule has 3 amide bonds. The number of piperidine rings is 1. The number of nitrogens with zero attached hydrogens (tertiary/aromatic N) is 5. The maximum absolute atomic E-state index is 14.0. The van der Waals surface area contributed by atoms with E-state index in [0.29, 0.717) is 51.3 Å². The summed E-state index contributed by atoms with van der Waals surface area (Å²) >= 11 is 0. The number of nitrogens with one attached hydrogen (secondary N) is 1. The molecule has 0 radical (unpaired) electrons. The SMILES string of the molecule is CCc1nc(N2CC3(CCN(C(=O)CO)CC3)N(Cc3cccc(OC)c3)C2=O)ccc1-c1cn[nH]c1. The highest BCUT2D eigenvalue weighted by Gasteiger charge is 2.52. The third kappa shape index (κ3) is 4.64. The number of aromatic amines is 1. The Bertz CT molecular complexity index is 1270. The fourth-order valence-corrected chi connectivity index (χ4v) is 5.43. The highest BCUT2D eigenvalue weighted by Crippen LogP contribution is 2.39. The molecule has 10 heteroatoms. The maximum Gasteiger partial charge on any atom is 0.326 e. The van der Waals surface area contributed by atoms with Crippen molar-refractivity contribution < 1.29 is 19.4 Å². The zero-order valence-electron chi connectivity index (χ0n) is 21.2. The first-order valence-electron chi connectivity index (χ1n) is 12.6. The lowest BCUT2D eigenvalue weighted by Crippen LogP contribution is -2.55. The number of aliphatic hydroxyl groups excluding tert-OH is 1. The Morgan fingerprint density at radius 1 is 1.22 bits per heavy atom. The van der Waals surface area contributed by atoms with Crippen molar-refractivity contribution in [3.63, 3.8) is 0 Å². The summed E-state index contributed by atoms with van der Waals surface area (Å²) in [7, 11) is 1.63. The van der Waals surface area contributed by atoms with Crippen LogP contribution in [0.4, 0.5) is 10.6 Å². The van der Waals surface area contributed by atoms with E-state index in [1.807, 2.05) is 54.4 Å². The summed E-state index contributed by atoms with van der Waals surface area (Å²) < 4.78 is 5.40. The van der Waals surface area contributed by atoms with Gasteiger partial charge in [-0.05, 0) is 49.1 Å². The molecule has 0 bridgehead atoms. The quantitative estimate of drug-likeness (QED) is 0.511. The molecule has 194 valence electrons. The number of likely N-dealkylation sites (tertiary alicyclic amines) is 1. The number of aromatic nitrogens is 3. The number of rotatable bonds is 7. The second kappa shape index (κ2) is 10.2. The van der Waals surface area contributed by atoms with Crippen LogP contribution in [0.1, 0.15) is 31.0 Å². The van der Waals surface area contributed by atoms with Gasteiger partial charge in [-0.25, -0.2) is 9.78 Å². The van der Waals surface area contributed by atoms with Crippen molar-refractivity contribution in [1.29, 1.82) is 0 Å². The van der Waals surface area contributed by atoms with Gasteiger partial charge in [-0.15, -0.1) is 0 Å². The topological polar surface area (TPSA) is 115 Å². The number of methoxy groups -OCH3 is 1. The van der Waals surface area contributed by atoms with Gasteiger partial charge in [0.2, 0.25) is 5.91 Å². The summed E-state index contributed by atoms with van der Waals surface area (Å²) in [5.74, 6) is 1.08. The number of H-pyrrole nitrogens is 1. The van der Waals surface area contributed by atoms with Gasteiger partial charge in [-0.3, -0.25) is 14.8 Å². The molecule has 2 aliphatic rings. The number of benzene rings is 1. The summed E-state index contributed by atoms with van der Waals surface area (Å²) in [5.41, 5.74) is 3.37. The lowest BCUT2D eigenvalue weighted by molar-refractivity contribution is -0.136. The van der Waals surface area contributed by atoms with E-state index >= 15 is 0 Å². The number of ether oxygens (including phenoxy) is 1. The van der Waals surface area contributed by atoms with Crippen LogP contribution in [0.2, 0.25) is 0 Å². The van der Waals surface area contributed by atoms with E-state index < -0.39 is 12.1 Å². The first-order chi connectivity index (χ1) is 18.0. The second-order valence-corrected chi connectivity index (χ2v) is 9.57. The standard InChI is InChI=1S/C27H32N6O4/c1-3-23-22(20-14-28-29-15-20)7-8-24(30-23)32-18-27(9-11-31(12-10-27)25(35)17-34)33(26(32)36)16-19-5-4-6-21(13-19)37-2/h4-8,13-15,34H,3,9-12,16-18H2,1-2H3,(H,28,29). The molecule has 37 heavy (non-hydrogen) atoms. The minimum Gasteiger partial charge on any atom is -0.497 e. The Morgan fingerprint density at radius 3 is 2.70 bits per heavy atom. The molecule has 2 saturated heterocycles. The average molecular weight is 505 g/mol. The number of amides is 3. The Labute approximate surface area is 215 Å². The maximum atomic E-state index is 14.0. The average Bonchev–Trinajstić information content (AvgIpc) is 3.56. The van der Waals surface area contributed by atoms with Gasteiger partial charge in [0.1, 0.15) is 18.2 Å². The fourth-order valence-electron chi connectivity index (χ4n) is 5.43. The van der Waals surface area contributed by atoms with E-state index in [9.17, 15) is 14.7 Å². The summed E-state index contributed by atoms with van der Waals surface area (Å²) in [4.78, 5) is 36.4. The van der Waals surface area contributed by atoms with Crippen LogP contribution in [-0.4, -0.2) is 80.9 Å². The molecule has 2 aliphatic heterocycles. The summed E-state index contributed by atoms with van der Waals surface area (Å²) in [6.45, 7) is 3.43. The number of aryl methyl sites for hydroxylation is 1. The Kier molecular flexibility index (Phi) is 6.84. The van der Waals surface area contributed by atoms with E-state index in [0.717, 1.165) is 28.1 Å². The van der Waals surface area contributed by atoms with Crippen LogP contribution in [0.15, 0.2) is 48.8 Å². The number of hydrogen-bond donors (Lipinski definition) is 2. The fraction of sp³-hybridized carbons (Fsp3) is 0.407. The second-order valence-electron chi connectivity index (χ2n) is 9.57. The molecule has 1 spiro atoms. The number of urea groups is 1. The Balaban J connectivity index is 1.47. The van der Waals surface area contributed by atoms with Crippen LogP contribution >= 0.6 is 0 Å². The number of carbonyl (C=O) groups is 2. The molecule has 10 nitrogen and oxygen atoms in total. The highest BCUT2D eigenvalue weighted by atomic mass is 16.5. The molecule has 2 aromatic heterocycles. The number of aliphatic hydroxyl groups is 1. The van der Waals surface area contributed by atoms with Gasteiger partial charge in [0.05, 0.1) is 31.1 Å². The molecule has 0 atom stereocenters. The van der Waals surface area contributed by atoms with Crippen molar-refractivity contribution in [1.82, 2.24) is 25.0 Å². The number of pyridine rings is 1. The minimum atomic E-state index is -0.502. The highest BCUT2D eigenvalue weighted by molar-refractivity contribution is 5.95. The zero-order valence-corrected chi connectivity index (χ0v) is 21.2. The molecule has 2 fully saturated rings. The van der Waals surface area contributed by atoms with E-state index in [-0.39, 0.29) is 11.9 Å². The van der Waals surface area contributed by atoms with Crippen LogP contribution < -0.4 is 9.64 Å². The molecule has 0 saturated carbocycles. The summed E-state index contributed by atoms with van der Waals surface area (Å²) in [6, 6.07) is 11.5. The van der Waals surface area contributed by atoms with Crippen molar-refractivity contribution >= 4 is 17.8 Å². The van der Waals surface area contributed by atoms with Gasteiger partial charge < -0.3 is 19.6 Å². The molecule has 4 heterocycles. The lowest BCUT2D eigenvalue weighted by Gasteiger charge is -2.43. The predicted molar refractivity (Wildman–Crippen MR) is 138 cm³/mol. The Hall–Kier alpha value is -3.92. The van der Waals surface area contributed by atoms with E-state index in [1.54, 1.807) is 23.1 Å². The molecule has 1 aromatic carbocycles. The molecule has 5 rings (SSSR count). The van der Waals surface area contributed by atoms with Crippen LogP contribution in [0.3, 0.4) is 0 Å². The van der Waals surface area contributed by atoms with Crippen LogP contribution in [0.25, 0.3) is 11.1 Å². The van der Waals surface area contributed by atoms with Gasteiger partial charge in [0, 0.05) is 37.0 Å². The van der Waals surface area contributed by atoms with E-state index in [2.05, 4.69) is 10.2 Å².